The molecule has 0 aliphatic heterocycles. The van der Waals surface area contributed by atoms with Gasteiger partial charge in [0.1, 0.15) is 6.61 Å². The Balaban J connectivity index is 0.00000312. The lowest BCUT2D eigenvalue weighted by Crippen LogP contribution is -2.42. The maximum Gasteiger partial charge on any atom is 0.417 e. The van der Waals surface area contributed by atoms with E-state index in [9.17, 15) is 13.2 Å². The zero-order valence-corrected chi connectivity index (χ0v) is 16.2. The van der Waals surface area contributed by atoms with Gasteiger partial charge in [-0.25, -0.2) is 9.98 Å². The lowest BCUT2D eigenvalue weighted by Gasteiger charge is -2.16. The number of hydrogen-bond acceptors (Lipinski definition) is 3. The summed E-state index contributed by atoms with van der Waals surface area (Å²) in [4.78, 5) is 8.03. The van der Waals surface area contributed by atoms with E-state index in [-0.39, 0.29) is 36.5 Å². The molecule has 9 heteroatoms. The number of nitrogens with one attached hydrogen (secondary N) is 2. The second-order valence-corrected chi connectivity index (χ2v) is 5.28. The minimum Gasteiger partial charge on any atom is -0.476 e. The van der Waals surface area contributed by atoms with Crippen LogP contribution in [0.2, 0.25) is 0 Å². The summed E-state index contributed by atoms with van der Waals surface area (Å²) in [6, 6.07) is 2.50. The number of nitrogens with zero attached hydrogens (tertiary/aromatic N) is 2. The SMILES string of the molecule is CCNC(=NCCOc1ccc(C(F)(F)F)cn1)NC1CC=CC1.I. The van der Waals surface area contributed by atoms with Gasteiger partial charge < -0.3 is 15.4 Å². The summed E-state index contributed by atoms with van der Waals surface area (Å²) in [5.41, 5.74) is -0.795. The van der Waals surface area contributed by atoms with Crippen molar-refractivity contribution in [3.8, 4) is 5.88 Å². The van der Waals surface area contributed by atoms with Gasteiger partial charge >= 0.3 is 6.18 Å². The standard InChI is InChI=1S/C16H21F3N4O.HI/c1-2-20-15(23-13-5-3-4-6-13)21-9-10-24-14-8-7-12(11-22-14)16(17,18)19;/h3-4,7-8,11,13H,2,5-6,9-10H2,1H3,(H2,20,21,23);1H. The highest BCUT2D eigenvalue weighted by molar-refractivity contribution is 14.0. The van der Waals surface area contributed by atoms with E-state index in [1.165, 1.54) is 6.07 Å². The molecular formula is C16H22F3IN4O. The van der Waals surface area contributed by atoms with E-state index in [0.29, 0.717) is 18.5 Å². The molecule has 1 aliphatic carbocycles. The number of aromatic nitrogens is 1. The van der Waals surface area contributed by atoms with Crippen LogP contribution in [0, 0.1) is 0 Å². The number of halogens is 4. The molecule has 0 spiro atoms. The Morgan fingerprint density at radius 2 is 2.04 bits per heavy atom. The fourth-order valence-electron chi connectivity index (χ4n) is 2.19. The van der Waals surface area contributed by atoms with Crippen LogP contribution in [0.3, 0.4) is 0 Å². The van der Waals surface area contributed by atoms with E-state index in [1.807, 2.05) is 6.92 Å². The molecule has 0 unspecified atom stereocenters. The normalized spacial score (nSPS) is 15.0. The summed E-state index contributed by atoms with van der Waals surface area (Å²) >= 11 is 0. The highest BCUT2D eigenvalue weighted by atomic mass is 127. The number of hydrogen-bond donors (Lipinski definition) is 2. The summed E-state index contributed by atoms with van der Waals surface area (Å²) in [5, 5.41) is 6.47. The highest BCUT2D eigenvalue weighted by Crippen LogP contribution is 2.29. The molecular weight excluding hydrogens is 448 g/mol. The minimum absolute atomic E-state index is 0. The molecule has 25 heavy (non-hydrogen) atoms. The molecule has 140 valence electrons. The fourth-order valence-corrected chi connectivity index (χ4v) is 2.19. The smallest absolute Gasteiger partial charge is 0.417 e. The number of ether oxygens (including phenoxy) is 1. The van der Waals surface area contributed by atoms with E-state index in [1.54, 1.807) is 0 Å². The second kappa shape index (κ2) is 10.5. The van der Waals surface area contributed by atoms with Crippen molar-refractivity contribution in [1.29, 1.82) is 0 Å². The molecule has 5 nitrogen and oxygen atoms in total. The van der Waals surface area contributed by atoms with Crippen LogP contribution in [-0.4, -0.2) is 36.7 Å². The molecule has 0 saturated heterocycles. The van der Waals surface area contributed by atoms with Crippen molar-refractivity contribution in [2.24, 2.45) is 4.99 Å². The maximum absolute atomic E-state index is 12.4. The number of alkyl halides is 3. The van der Waals surface area contributed by atoms with Gasteiger partial charge in [0.2, 0.25) is 5.88 Å². The Morgan fingerprint density at radius 3 is 2.60 bits per heavy atom. The third kappa shape index (κ3) is 7.49. The Morgan fingerprint density at radius 1 is 1.32 bits per heavy atom. The van der Waals surface area contributed by atoms with Crippen molar-refractivity contribution in [2.75, 3.05) is 19.7 Å². The Kier molecular flexibility index (Phi) is 9.01. The van der Waals surface area contributed by atoms with Crippen LogP contribution < -0.4 is 15.4 Å². The van der Waals surface area contributed by atoms with Crippen LogP contribution in [0.4, 0.5) is 13.2 Å². The van der Waals surface area contributed by atoms with Crippen LogP contribution >= 0.6 is 24.0 Å². The number of guanidine groups is 1. The van der Waals surface area contributed by atoms with Gasteiger partial charge in [0.15, 0.2) is 5.96 Å². The molecule has 1 aromatic rings. The van der Waals surface area contributed by atoms with Crippen LogP contribution in [0.5, 0.6) is 5.88 Å². The Bertz CT molecular complexity index is 568. The first-order valence-electron chi connectivity index (χ1n) is 7.85. The summed E-state index contributed by atoms with van der Waals surface area (Å²) in [6.45, 7) is 3.33. The van der Waals surface area contributed by atoms with Gasteiger partial charge in [0.25, 0.3) is 0 Å². The maximum atomic E-state index is 12.4. The zero-order chi connectivity index (χ0) is 17.4. The largest absolute Gasteiger partial charge is 0.476 e. The molecule has 1 aliphatic rings. The van der Waals surface area contributed by atoms with Crippen LogP contribution in [0.25, 0.3) is 0 Å². The summed E-state index contributed by atoms with van der Waals surface area (Å²) in [7, 11) is 0. The fraction of sp³-hybridized carbons (Fsp3) is 0.500. The number of aliphatic imine (C=N–C) groups is 1. The third-order valence-electron chi connectivity index (χ3n) is 3.37. The lowest BCUT2D eigenvalue weighted by molar-refractivity contribution is -0.137. The van der Waals surface area contributed by atoms with Gasteiger partial charge in [0, 0.05) is 24.8 Å². The molecule has 0 fully saturated rings. The van der Waals surface area contributed by atoms with E-state index >= 15 is 0 Å². The van der Waals surface area contributed by atoms with Crippen LogP contribution in [0.15, 0.2) is 35.5 Å². The molecule has 0 amide bonds. The molecule has 0 saturated carbocycles. The van der Waals surface area contributed by atoms with Crippen LogP contribution in [0.1, 0.15) is 25.3 Å². The van der Waals surface area contributed by atoms with E-state index in [2.05, 4.69) is 32.8 Å². The molecule has 1 heterocycles. The van der Waals surface area contributed by atoms with Gasteiger partial charge in [-0.15, -0.1) is 24.0 Å². The van der Waals surface area contributed by atoms with Crippen molar-refractivity contribution in [3.05, 3.63) is 36.0 Å². The number of rotatable bonds is 6. The molecule has 0 atom stereocenters. The van der Waals surface area contributed by atoms with Crippen molar-refractivity contribution < 1.29 is 17.9 Å². The topological polar surface area (TPSA) is 58.5 Å². The Hall–Kier alpha value is -1.52. The Labute approximate surface area is 162 Å². The monoisotopic (exact) mass is 470 g/mol. The van der Waals surface area contributed by atoms with Gasteiger partial charge in [-0.1, -0.05) is 12.2 Å². The van der Waals surface area contributed by atoms with E-state index in [4.69, 9.17) is 4.74 Å². The first-order chi connectivity index (χ1) is 11.5. The van der Waals surface area contributed by atoms with Gasteiger partial charge in [-0.05, 0) is 25.8 Å². The molecule has 0 aromatic carbocycles. The average Bonchev–Trinajstić information content (AvgIpc) is 3.04. The molecule has 2 N–H and O–H groups in total. The molecule has 1 aromatic heterocycles. The van der Waals surface area contributed by atoms with Crippen molar-refractivity contribution in [2.45, 2.75) is 32.0 Å². The highest BCUT2D eigenvalue weighted by Gasteiger charge is 2.30. The van der Waals surface area contributed by atoms with Gasteiger partial charge in [-0.3, -0.25) is 0 Å². The molecule has 0 radical (unpaired) electrons. The minimum atomic E-state index is -4.39. The summed E-state index contributed by atoms with van der Waals surface area (Å²) < 4.78 is 42.6. The van der Waals surface area contributed by atoms with Crippen molar-refractivity contribution >= 4 is 29.9 Å². The lowest BCUT2D eigenvalue weighted by atomic mass is 10.2. The van der Waals surface area contributed by atoms with Crippen molar-refractivity contribution in [1.82, 2.24) is 15.6 Å². The van der Waals surface area contributed by atoms with Crippen molar-refractivity contribution in [3.63, 3.8) is 0 Å². The predicted octanol–water partition coefficient (Wildman–Crippen LogP) is 3.37. The summed E-state index contributed by atoms with van der Waals surface area (Å²) in [5.74, 6) is 0.853. The number of pyridine rings is 1. The zero-order valence-electron chi connectivity index (χ0n) is 13.8. The van der Waals surface area contributed by atoms with Gasteiger partial charge in [-0.2, -0.15) is 13.2 Å². The first kappa shape index (κ1) is 21.5. The van der Waals surface area contributed by atoms with Crippen LogP contribution in [-0.2, 0) is 6.18 Å². The molecule has 0 bridgehead atoms. The third-order valence-corrected chi connectivity index (χ3v) is 3.37. The molecule has 2 rings (SSSR count). The van der Waals surface area contributed by atoms with E-state index in [0.717, 1.165) is 31.6 Å². The second-order valence-electron chi connectivity index (χ2n) is 5.28. The van der Waals surface area contributed by atoms with E-state index < -0.39 is 11.7 Å². The average molecular weight is 470 g/mol. The quantitative estimate of drug-likeness (QED) is 0.220. The summed E-state index contributed by atoms with van der Waals surface area (Å²) in [6.07, 6.45) is 2.56. The first-order valence-corrected chi connectivity index (χ1v) is 7.85. The predicted molar refractivity (Wildman–Crippen MR) is 101 cm³/mol. The van der Waals surface area contributed by atoms with Gasteiger partial charge in [0.05, 0.1) is 12.1 Å².